The maximum atomic E-state index is 13.0. The normalized spacial score (nSPS) is 28.8. The fourth-order valence-corrected chi connectivity index (χ4v) is 7.64. The van der Waals surface area contributed by atoms with Crippen LogP contribution >= 0.6 is 22.7 Å². The van der Waals surface area contributed by atoms with Crippen LogP contribution in [0, 0.1) is 6.92 Å². The zero-order chi connectivity index (χ0) is 23.9. The Morgan fingerprint density at radius 2 is 2.14 bits per heavy atom. The number of thiazole rings is 1. The summed E-state index contributed by atoms with van der Waals surface area (Å²) in [4.78, 5) is 26.0. The Bertz CT molecular complexity index is 1350. The molecule has 184 valence electrons. The van der Waals surface area contributed by atoms with Crippen LogP contribution in [-0.4, -0.2) is 59.0 Å². The average Bonchev–Trinajstić information content (AvgIpc) is 3.07. The molecule has 2 spiro atoms. The van der Waals surface area contributed by atoms with Gasteiger partial charge in [0, 0.05) is 18.3 Å². The SMILES string of the molecule is Cc1nc2sc(C(=O)NC3CCc4nc(N5CC(N)C6(C5)OCC5(CC5)O6)ccc4C3)c(N)c2s1. The van der Waals surface area contributed by atoms with E-state index >= 15 is 0 Å². The van der Waals surface area contributed by atoms with Gasteiger partial charge in [-0.2, -0.15) is 0 Å². The summed E-state index contributed by atoms with van der Waals surface area (Å²) in [5.41, 5.74) is 15.4. The van der Waals surface area contributed by atoms with Gasteiger partial charge in [-0.3, -0.25) is 4.79 Å². The predicted octanol–water partition coefficient (Wildman–Crippen LogP) is 2.35. The number of hydrogen-bond acceptors (Lipinski definition) is 10. The Balaban J connectivity index is 1.03. The van der Waals surface area contributed by atoms with Crippen molar-refractivity contribution in [2.45, 2.75) is 62.5 Å². The van der Waals surface area contributed by atoms with Gasteiger partial charge in [0.05, 0.1) is 40.2 Å². The summed E-state index contributed by atoms with van der Waals surface area (Å²) in [6.45, 7) is 3.86. The lowest BCUT2D eigenvalue weighted by Gasteiger charge is -2.27. The molecule has 3 aromatic rings. The molecule has 0 bridgehead atoms. The summed E-state index contributed by atoms with van der Waals surface area (Å²) >= 11 is 2.90. The minimum Gasteiger partial charge on any atom is -0.396 e. The Labute approximate surface area is 210 Å². The summed E-state index contributed by atoms with van der Waals surface area (Å²) in [6, 6.07) is 4.04. The van der Waals surface area contributed by atoms with Crippen LogP contribution in [0.3, 0.4) is 0 Å². The smallest absolute Gasteiger partial charge is 0.263 e. The van der Waals surface area contributed by atoms with E-state index in [1.807, 2.05) is 6.92 Å². The van der Waals surface area contributed by atoms with E-state index in [1.165, 1.54) is 28.2 Å². The maximum Gasteiger partial charge on any atom is 0.263 e. The number of thiophene rings is 1. The van der Waals surface area contributed by atoms with Gasteiger partial charge in [-0.15, -0.1) is 22.7 Å². The van der Waals surface area contributed by atoms with Gasteiger partial charge in [0.2, 0.25) is 5.79 Å². The Kier molecular flexibility index (Phi) is 4.76. The zero-order valence-corrected chi connectivity index (χ0v) is 21.1. The lowest BCUT2D eigenvalue weighted by Crippen LogP contribution is -2.48. The average molecular weight is 513 g/mol. The number of nitrogen functional groups attached to an aromatic ring is 1. The van der Waals surface area contributed by atoms with Gasteiger partial charge < -0.3 is 31.2 Å². The first kappa shape index (κ1) is 21.9. The van der Waals surface area contributed by atoms with E-state index in [2.05, 4.69) is 27.3 Å². The largest absolute Gasteiger partial charge is 0.396 e. The van der Waals surface area contributed by atoms with Crippen LogP contribution in [0.1, 0.15) is 45.2 Å². The van der Waals surface area contributed by atoms with Crippen molar-refractivity contribution >= 4 is 49.6 Å². The highest BCUT2D eigenvalue weighted by Gasteiger charge is 2.62. The molecule has 2 aliphatic heterocycles. The molecule has 3 aromatic heterocycles. The lowest BCUT2D eigenvalue weighted by atomic mass is 9.91. The monoisotopic (exact) mass is 512 g/mol. The third kappa shape index (κ3) is 3.55. The van der Waals surface area contributed by atoms with Gasteiger partial charge in [0.1, 0.15) is 15.5 Å². The number of anilines is 2. The molecule has 35 heavy (non-hydrogen) atoms. The van der Waals surface area contributed by atoms with Crippen LogP contribution in [0.25, 0.3) is 9.53 Å². The van der Waals surface area contributed by atoms with E-state index in [1.54, 1.807) is 0 Å². The van der Waals surface area contributed by atoms with Crippen LogP contribution in [0.15, 0.2) is 12.1 Å². The van der Waals surface area contributed by atoms with Crippen LogP contribution in [0.4, 0.5) is 11.5 Å². The van der Waals surface area contributed by atoms with Gasteiger partial charge in [-0.1, -0.05) is 6.07 Å². The second-order valence-electron chi connectivity index (χ2n) is 10.3. The Morgan fingerprint density at radius 3 is 2.91 bits per heavy atom. The number of nitrogens with zero attached hydrogens (tertiary/aromatic N) is 3. The van der Waals surface area contributed by atoms with Crippen molar-refractivity contribution in [1.29, 1.82) is 0 Å². The van der Waals surface area contributed by atoms with E-state index in [0.717, 1.165) is 58.2 Å². The fraction of sp³-hybridized carbons (Fsp3) is 0.542. The van der Waals surface area contributed by atoms with Crippen molar-refractivity contribution in [2.75, 3.05) is 30.3 Å². The molecule has 9 nitrogen and oxygen atoms in total. The number of aromatic nitrogens is 2. The van der Waals surface area contributed by atoms with Gasteiger partial charge in [0.15, 0.2) is 0 Å². The molecule has 4 aliphatic rings. The number of nitrogens with two attached hydrogens (primary N) is 2. The van der Waals surface area contributed by atoms with E-state index in [4.69, 9.17) is 25.9 Å². The number of rotatable bonds is 3. The maximum absolute atomic E-state index is 13.0. The molecule has 0 aromatic carbocycles. The van der Waals surface area contributed by atoms with Crippen molar-refractivity contribution in [3.05, 3.63) is 33.3 Å². The summed E-state index contributed by atoms with van der Waals surface area (Å²) < 4.78 is 13.3. The highest BCUT2D eigenvalue weighted by atomic mass is 32.1. The second kappa shape index (κ2) is 7.59. The van der Waals surface area contributed by atoms with Crippen molar-refractivity contribution in [3.8, 4) is 0 Å². The highest BCUT2D eigenvalue weighted by molar-refractivity contribution is 7.29. The standard InChI is InChI=1S/C24H28N6O3S2/c1-12-27-22-20(34-12)18(26)19(35-22)21(31)28-14-3-4-15-13(8-14)2-5-17(29-15)30-9-16(25)24(10-30)32-11-23(33-24)6-7-23/h2,5,14,16H,3-4,6-11,25-26H2,1H3,(H,28,31). The van der Waals surface area contributed by atoms with Gasteiger partial charge >= 0.3 is 0 Å². The number of amides is 1. The minimum atomic E-state index is -0.712. The van der Waals surface area contributed by atoms with Gasteiger partial charge in [-0.05, 0) is 50.7 Å². The summed E-state index contributed by atoms with van der Waals surface area (Å²) in [6.07, 6.45) is 4.52. The predicted molar refractivity (Wildman–Crippen MR) is 136 cm³/mol. The molecule has 3 unspecified atom stereocenters. The van der Waals surface area contributed by atoms with Crippen LogP contribution in [0.2, 0.25) is 0 Å². The molecule has 2 saturated heterocycles. The number of pyridine rings is 1. The fourth-order valence-electron chi connectivity index (χ4n) is 5.54. The molecule has 5 N–H and O–H groups in total. The number of carbonyl (C=O) groups is 1. The van der Waals surface area contributed by atoms with E-state index in [9.17, 15) is 4.79 Å². The van der Waals surface area contributed by atoms with Gasteiger partial charge in [-0.25, -0.2) is 9.97 Å². The van der Waals surface area contributed by atoms with Crippen LogP contribution < -0.4 is 21.7 Å². The van der Waals surface area contributed by atoms with Crippen molar-refractivity contribution in [3.63, 3.8) is 0 Å². The Morgan fingerprint density at radius 1 is 1.29 bits per heavy atom. The quantitative estimate of drug-likeness (QED) is 0.488. The Hall–Kier alpha value is -2.31. The van der Waals surface area contributed by atoms with Crippen molar-refractivity contribution < 1.29 is 14.3 Å². The molecule has 5 heterocycles. The molecule has 1 amide bonds. The molecule has 3 fully saturated rings. The van der Waals surface area contributed by atoms with Crippen LogP contribution in [0.5, 0.6) is 0 Å². The summed E-state index contributed by atoms with van der Waals surface area (Å²) in [5, 5.41) is 4.14. The molecule has 11 heteroatoms. The highest BCUT2D eigenvalue weighted by Crippen LogP contribution is 2.51. The topological polar surface area (TPSA) is 129 Å². The molecular formula is C24H28N6O3S2. The number of aryl methyl sites for hydroxylation is 2. The number of ether oxygens (including phenoxy) is 2. The molecular weight excluding hydrogens is 484 g/mol. The van der Waals surface area contributed by atoms with E-state index < -0.39 is 5.79 Å². The first-order valence-electron chi connectivity index (χ1n) is 12.1. The number of fused-ring (bicyclic) bond motifs is 2. The van der Waals surface area contributed by atoms with Crippen molar-refractivity contribution in [2.24, 2.45) is 5.73 Å². The van der Waals surface area contributed by atoms with Gasteiger partial charge in [0.25, 0.3) is 5.91 Å². The number of hydrogen-bond donors (Lipinski definition) is 3. The number of carbonyl (C=O) groups excluding carboxylic acids is 1. The first-order chi connectivity index (χ1) is 16.8. The second-order valence-corrected chi connectivity index (χ2v) is 12.5. The third-order valence-corrected chi connectivity index (χ3v) is 9.91. The molecule has 7 rings (SSSR count). The molecule has 1 saturated carbocycles. The summed E-state index contributed by atoms with van der Waals surface area (Å²) in [7, 11) is 0. The summed E-state index contributed by atoms with van der Waals surface area (Å²) in [5.74, 6) is 0.0852. The zero-order valence-electron chi connectivity index (χ0n) is 19.5. The van der Waals surface area contributed by atoms with Crippen molar-refractivity contribution in [1.82, 2.24) is 15.3 Å². The lowest BCUT2D eigenvalue weighted by molar-refractivity contribution is -0.163. The molecule has 0 radical (unpaired) electrons. The molecule has 2 aliphatic carbocycles. The first-order valence-corrected chi connectivity index (χ1v) is 13.8. The van der Waals surface area contributed by atoms with E-state index in [-0.39, 0.29) is 23.6 Å². The van der Waals surface area contributed by atoms with E-state index in [0.29, 0.717) is 30.3 Å². The number of nitrogens with one attached hydrogen (secondary N) is 1. The minimum absolute atomic E-state index is 0.0513. The third-order valence-electron chi connectivity index (χ3n) is 7.68. The van der Waals surface area contributed by atoms with Crippen LogP contribution in [-0.2, 0) is 22.3 Å². The molecule has 3 atom stereocenters.